The van der Waals surface area contributed by atoms with E-state index in [-0.39, 0.29) is 31.9 Å². The molecule has 0 saturated heterocycles. The molecule has 0 atom stereocenters. The van der Waals surface area contributed by atoms with Crippen LogP contribution in [0.5, 0.6) is 0 Å². The second-order valence-electron chi connectivity index (χ2n) is 4.16. The minimum absolute atomic E-state index is 0.0117. The van der Waals surface area contributed by atoms with E-state index in [2.05, 4.69) is 4.72 Å². The van der Waals surface area contributed by atoms with Crippen LogP contribution in [0.2, 0.25) is 0 Å². The van der Waals surface area contributed by atoms with E-state index in [4.69, 9.17) is 9.84 Å². The highest BCUT2D eigenvalue weighted by molar-refractivity contribution is 7.89. The summed E-state index contributed by atoms with van der Waals surface area (Å²) < 4.78 is 69.2. The smallest absolute Gasteiger partial charge is 0.394 e. The van der Waals surface area contributed by atoms with Gasteiger partial charge in [0.05, 0.1) is 30.3 Å². The van der Waals surface area contributed by atoms with E-state index in [0.717, 1.165) is 25.1 Å². The predicted octanol–water partition coefficient (Wildman–Crippen LogP) is 1.30. The van der Waals surface area contributed by atoms with E-state index in [0.29, 0.717) is 0 Å². The number of hydrogen-bond donors (Lipinski definition) is 2. The number of rotatable bonds is 7. The Balaban J connectivity index is 2.89. The van der Waals surface area contributed by atoms with Gasteiger partial charge in [0.15, 0.2) is 0 Å². The van der Waals surface area contributed by atoms with Gasteiger partial charge in [-0.1, -0.05) is 6.07 Å². The molecule has 0 amide bonds. The van der Waals surface area contributed by atoms with Crippen LogP contribution < -0.4 is 4.72 Å². The minimum atomic E-state index is -4.61. The monoisotopic (exact) mass is 327 g/mol. The summed E-state index contributed by atoms with van der Waals surface area (Å²) >= 11 is 0. The third kappa shape index (κ3) is 4.95. The van der Waals surface area contributed by atoms with Crippen molar-refractivity contribution in [2.45, 2.75) is 18.0 Å². The first-order chi connectivity index (χ1) is 9.70. The van der Waals surface area contributed by atoms with Crippen molar-refractivity contribution in [2.24, 2.45) is 0 Å². The standard InChI is InChI=1S/C12H16F3NO4S/c1-9-10(12(13,14)15)3-2-4-11(9)21(18,19)16-5-7-20-8-6-17/h2-4,16-17H,5-8H2,1H3. The van der Waals surface area contributed by atoms with E-state index in [9.17, 15) is 21.6 Å². The third-order valence-corrected chi connectivity index (χ3v) is 4.26. The predicted molar refractivity (Wildman–Crippen MR) is 69.3 cm³/mol. The first-order valence-corrected chi connectivity index (χ1v) is 7.53. The van der Waals surface area contributed by atoms with Crippen LogP contribution in [0, 0.1) is 6.92 Å². The van der Waals surface area contributed by atoms with E-state index in [1.807, 2.05) is 0 Å². The Hall–Kier alpha value is -1.16. The zero-order valence-corrected chi connectivity index (χ0v) is 12.1. The average Bonchev–Trinajstić information content (AvgIpc) is 2.37. The molecule has 0 aliphatic rings. The van der Waals surface area contributed by atoms with Gasteiger partial charge in [0, 0.05) is 6.54 Å². The average molecular weight is 327 g/mol. The van der Waals surface area contributed by atoms with Crippen molar-refractivity contribution in [2.75, 3.05) is 26.4 Å². The maximum Gasteiger partial charge on any atom is 0.416 e. The Bertz CT molecular complexity index is 572. The molecule has 0 spiro atoms. The van der Waals surface area contributed by atoms with Gasteiger partial charge in [0.1, 0.15) is 0 Å². The van der Waals surface area contributed by atoms with Crippen LogP contribution in [-0.2, 0) is 20.9 Å². The van der Waals surface area contributed by atoms with Gasteiger partial charge in [-0.15, -0.1) is 0 Å². The molecule has 0 bridgehead atoms. The van der Waals surface area contributed by atoms with E-state index < -0.39 is 26.7 Å². The summed E-state index contributed by atoms with van der Waals surface area (Å²) in [6.07, 6.45) is -4.61. The Kier molecular flexibility index (Phi) is 6.14. The molecule has 0 heterocycles. The molecule has 1 aromatic rings. The van der Waals surface area contributed by atoms with Gasteiger partial charge in [-0.2, -0.15) is 13.2 Å². The molecule has 0 aliphatic carbocycles. The highest BCUT2D eigenvalue weighted by Gasteiger charge is 2.34. The lowest BCUT2D eigenvalue weighted by atomic mass is 10.1. The van der Waals surface area contributed by atoms with Crippen molar-refractivity contribution >= 4 is 10.0 Å². The topological polar surface area (TPSA) is 75.6 Å². The Morgan fingerprint density at radius 1 is 1.29 bits per heavy atom. The molecule has 0 radical (unpaired) electrons. The van der Waals surface area contributed by atoms with Crippen LogP contribution in [0.15, 0.2) is 23.1 Å². The maximum atomic E-state index is 12.7. The molecule has 0 aliphatic heterocycles. The quantitative estimate of drug-likeness (QED) is 0.740. The Morgan fingerprint density at radius 3 is 2.52 bits per heavy atom. The summed E-state index contributed by atoms with van der Waals surface area (Å²) in [4.78, 5) is -0.417. The van der Waals surface area contributed by atoms with E-state index >= 15 is 0 Å². The summed E-state index contributed by atoms with van der Waals surface area (Å²) in [7, 11) is -4.05. The minimum Gasteiger partial charge on any atom is -0.394 e. The number of benzene rings is 1. The van der Waals surface area contributed by atoms with Crippen molar-refractivity contribution in [3.8, 4) is 0 Å². The number of ether oxygens (including phenoxy) is 1. The highest BCUT2D eigenvalue weighted by atomic mass is 32.2. The number of aliphatic hydroxyl groups excluding tert-OH is 1. The van der Waals surface area contributed by atoms with Gasteiger partial charge >= 0.3 is 6.18 Å². The fourth-order valence-electron chi connectivity index (χ4n) is 1.71. The number of sulfonamides is 1. The van der Waals surface area contributed by atoms with Gasteiger partial charge in [-0.3, -0.25) is 0 Å². The van der Waals surface area contributed by atoms with Crippen LogP contribution in [0.3, 0.4) is 0 Å². The van der Waals surface area contributed by atoms with Crippen molar-refractivity contribution in [1.29, 1.82) is 0 Å². The van der Waals surface area contributed by atoms with Crippen molar-refractivity contribution in [3.05, 3.63) is 29.3 Å². The van der Waals surface area contributed by atoms with Crippen LogP contribution in [0.25, 0.3) is 0 Å². The molecule has 0 aromatic heterocycles. The fraction of sp³-hybridized carbons (Fsp3) is 0.500. The van der Waals surface area contributed by atoms with Crippen molar-refractivity contribution < 1.29 is 31.4 Å². The lowest BCUT2D eigenvalue weighted by Crippen LogP contribution is -2.28. The molecule has 120 valence electrons. The van der Waals surface area contributed by atoms with Crippen LogP contribution in [0.1, 0.15) is 11.1 Å². The molecule has 0 saturated carbocycles. The molecule has 21 heavy (non-hydrogen) atoms. The molecule has 0 unspecified atom stereocenters. The summed E-state index contributed by atoms with van der Waals surface area (Å²) in [5.74, 6) is 0. The Labute approximate surface area is 120 Å². The van der Waals surface area contributed by atoms with Crippen LogP contribution in [-0.4, -0.2) is 39.9 Å². The molecular weight excluding hydrogens is 311 g/mol. The first-order valence-electron chi connectivity index (χ1n) is 6.05. The number of hydrogen-bond acceptors (Lipinski definition) is 4. The summed E-state index contributed by atoms with van der Waals surface area (Å²) in [5.41, 5.74) is -1.34. The maximum absolute atomic E-state index is 12.7. The third-order valence-electron chi connectivity index (χ3n) is 2.65. The Morgan fingerprint density at radius 2 is 1.95 bits per heavy atom. The second kappa shape index (κ2) is 7.21. The molecule has 5 nitrogen and oxygen atoms in total. The van der Waals surface area contributed by atoms with Crippen LogP contribution in [0.4, 0.5) is 13.2 Å². The van der Waals surface area contributed by atoms with Crippen LogP contribution >= 0.6 is 0 Å². The number of halogens is 3. The lowest BCUT2D eigenvalue weighted by Gasteiger charge is -2.14. The summed E-state index contributed by atoms with van der Waals surface area (Å²) in [5, 5.41) is 8.48. The molecule has 2 N–H and O–H groups in total. The lowest BCUT2D eigenvalue weighted by molar-refractivity contribution is -0.138. The zero-order chi connectivity index (χ0) is 16.1. The van der Waals surface area contributed by atoms with Crippen molar-refractivity contribution in [1.82, 2.24) is 4.72 Å². The van der Waals surface area contributed by atoms with Gasteiger partial charge in [0.25, 0.3) is 0 Å². The molecule has 1 rings (SSSR count). The van der Waals surface area contributed by atoms with Crippen molar-refractivity contribution in [3.63, 3.8) is 0 Å². The molecule has 1 aromatic carbocycles. The number of alkyl halides is 3. The fourth-order valence-corrected chi connectivity index (χ4v) is 2.98. The van der Waals surface area contributed by atoms with Gasteiger partial charge in [-0.25, -0.2) is 13.1 Å². The molecular formula is C12H16F3NO4S. The molecule has 0 fully saturated rings. The first kappa shape index (κ1) is 17.9. The number of nitrogens with one attached hydrogen (secondary N) is 1. The highest BCUT2D eigenvalue weighted by Crippen LogP contribution is 2.33. The van der Waals surface area contributed by atoms with Gasteiger partial charge in [-0.05, 0) is 24.6 Å². The second-order valence-corrected chi connectivity index (χ2v) is 5.90. The van der Waals surface area contributed by atoms with E-state index in [1.54, 1.807) is 0 Å². The largest absolute Gasteiger partial charge is 0.416 e. The van der Waals surface area contributed by atoms with E-state index in [1.165, 1.54) is 0 Å². The molecule has 9 heteroatoms. The summed E-state index contributed by atoms with van der Waals surface area (Å²) in [6, 6.07) is 2.99. The van der Waals surface area contributed by atoms with Gasteiger partial charge in [0.2, 0.25) is 10.0 Å². The summed E-state index contributed by atoms with van der Waals surface area (Å²) in [6.45, 7) is 0.888. The normalized spacial score (nSPS) is 12.6. The van der Waals surface area contributed by atoms with Gasteiger partial charge < -0.3 is 9.84 Å². The zero-order valence-electron chi connectivity index (χ0n) is 11.3. The SMILES string of the molecule is Cc1c(C(F)(F)F)cccc1S(=O)(=O)NCCOCCO. The number of aliphatic hydroxyl groups is 1.